The fourth-order valence-corrected chi connectivity index (χ4v) is 1.71. The Labute approximate surface area is 114 Å². The number of urea groups is 1. The van der Waals surface area contributed by atoms with Gasteiger partial charge in [0.1, 0.15) is 0 Å². The molecule has 4 heteroatoms. The quantitative estimate of drug-likeness (QED) is 0.827. The van der Waals surface area contributed by atoms with E-state index in [2.05, 4.69) is 19.2 Å². The second kappa shape index (κ2) is 6.92. The van der Waals surface area contributed by atoms with Gasteiger partial charge in [-0.05, 0) is 25.0 Å². The van der Waals surface area contributed by atoms with Gasteiger partial charge in [-0.15, -0.1) is 0 Å². The van der Waals surface area contributed by atoms with Crippen LogP contribution in [0.3, 0.4) is 0 Å². The summed E-state index contributed by atoms with van der Waals surface area (Å²) in [5.74, 6) is 0.461. The Bertz CT molecular complexity index is 457. The number of nitrogens with zero attached hydrogens (tertiary/aromatic N) is 1. The van der Waals surface area contributed by atoms with Crippen LogP contribution >= 0.6 is 0 Å². The molecule has 0 fully saturated rings. The first kappa shape index (κ1) is 15.2. The molecule has 1 rings (SSSR count). The molecular weight excluding hydrogens is 240 g/mol. The highest BCUT2D eigenvalue weighted by atomic mass is 16.2. The predicted molar refractivity (Wildman–Crippen MR) is 77.6 cm³/mol. The highest BCUT2D eigenvalue weighted by Gasteiger charge is 2.12. The molecule has 1 aromatic carbocycles. The van der Waals surface area contributed by atoms with Crippen molar-refractivity contribution in [3.63, 3.8) is 0 Å². The number of ketones is 1. The molecule has 1 atom stereocenters. The van der Waals surface area contributed by atoms with Crippen molar-refractivity contribution >= 4 is 17.5 Å². The zero-order valence-corrected chi connectivity index (χ0v) is 12.1. The van der Waals surface area contributed by atoms with E-state index in [4.69, 9.17) is 0 Å². The lowest BCUT2D eigenvalue weighted by Gasteiger charge is -2.21. The van der Waals surface area contributed by atoms with Crippen molar-refractivity contribution in [2.24, 2.45) is 5.92 Å². The van der Waals surface area contributed by atoms with Gasteiger partial charge in [0, 0.05) is 24.8 Å². The van der Waals surface area contributed by atoms with Crippen molar-refractivity contribution in [1.29, 1.82) is 0 Å². The number of carbonyl (C=O) groups excluding carboxylic acids is 2. The van der Waals surface area contributed by atoms with Crippen LogP contribution in [0.4, 0.5) is 10.5 Å². The topological polar surface area (TPSA) is 49.4 Å². The van der Waals surface area contributed by atoms with E-state index in [1.165, 1.54) is 6.92 Å². The molecule has 0 aliphatic carbocycles. The number of benzene rings is 1. The van der Waals surface area contributed by atoms with Crippen LogP contribution in [-0.2, 0) is 0 Å². The Morgan fingerprint density at radius 2 is 2.05 bits per heavy atom. The summed E-state index contributed by atoms with van der Waals surface area (Å²) >= 11 is 0. The minimum absolute atomic E-state index is 0.0101. The third kappa shape index (κ3) is 4.73. The van der Waals surface area contributed by atoms with E-state index in [1.807, 2.05) is 0 Å². The molecule has 0 aliphatic rings. The number of Topliss-reactive ketones (excluding diaryl/α,β-unsaturated/α-hetero) is 1. The van der Waals surface area contributed by atoms with Gasteiger partial charge in [-0.25, -0.2) is 4.79 Å². The Kier molecular flexibility index (Phi) is 5.55. The molecule has 0 aliphatic heterocycles. The molecule has 0 heterocycles. The predicted octanol–water partition coefficient (Wildman–Crippen LogP) is 3.40. The number of hydrogen-bond donors (Lipinski definition) is 1. The van der Waals surface area contributed by atoms with Gasteiger partial charge in [-0.2, -0.15) is 0 Å². The molecule has 1 unspecified atom stereocenters. The first-order valence-electron chi connectivity index (χ1n) is 6.57. The highest BCUT2D eigenvalue weighted by molar-refractivity contribution is 5.96. The molecule has 0 saturated heterocycles. The van der Waals surface area contributed by atoms with Crippen LogP contribution in [-0.4, -0.2) is 30.3 Å². The van der Waals surface area contributed by atoms with Crippen LogP contribution in [0.2, 0.25) is 0 Å². The molecule has 19 heavy (non-hydrogen) atoms. The Balaban J connectivity index is 2.66. The van der Waals surface area contributed by atoms with E-state index < -0.39 is 0 Å². The molecule has 104 valence electrons. The number of rotatable bonds is 5. The van der Waals surface area contributed by atoms with Crippen LogP contribution < -0.4 is 5.32 Å². The molecule has 0 saturated carbocycles. The first-order valence-corrected chi connectivity index (χ1v) is 6.57. The third-order valence-corrected chi connectivity index (χ3v) is 3.15. The molecule has 0 spiro atoms. The minimum Gasteiger partial charge on any atom is -0.327 e. The Morgan fingerprint density at radius 1 is 1.37 bits per heavy atom. The molecule has 1 aromatic rings. The average molecular weight is 262 g/mol. The summed E-state index contributed by atoms with van der Waals surface area (Å²) in [7, 11) is 1.77. The standard InChI is InChI=1S/C15H22N2O2/c1-5-11(2)10-17(4)15(19)16-14-8-6-7-13(9-14)12(3)18/h6-9,11H,5,10H2,1-4H3,(H,16,19). The van der Waals surface area contributed by atoms with Crippen LogP contribution in [0.15, 0.2) is 24.3 Å². The monoisotopic (exact) mass is 262 g/mol. The van der Waals surface area contributed by atoms with Crippen LogP contribution in [0.25, 0.3) is 0 Å². The number of amides is 2. The summed E-state index contributed by atoms with van der Waals surface area (Å²) in [6.07, 6.45) is 1.04. The fourth-order valence-electron chi connectivity index (χ4n) is 1.71. The van der Waals surface area contributed by atoms with Crippen molar-refractivity contribution in [2.45, 2.75) is 27.2 Å². The van der Waals surface area contributed by atoms with Gasteiger partial charge < -0.3 is 10.2 Å². The van der Waals surface area contributed by atoms with E-state index in [9.17, 15) is 9.59 Å². The van der Waals surface area contributed by atoms with Crippen molar-refractivity contribution < 1.29 is 9.59 Å². The summed E-state index contributed by atoms with van der Waals surface area (Å²) in [4.78, 5) is 24.9. The fraction of sp³-hybridized carbons (Fsp3) is 0.467. The van der Waals surface area contributed by atoms with Gasteiger partial charge in [-0.3, -0.25) is 4.79 Å². The van der Waals surface area contributed by atoms with Crippen LogP contribution in [0.1, 0.15) is 37.6 Å². The molecule has 1 N–H and O–H groups in total. The van der Waals surface area contributed by atoms with Gasteiger partial charge in [-0.1, -0.05) is 32.4 Å². The van der Waals surface area contributed by atoms with Gasteiger partial charge in [0.15, 0.2) is 5.78 Å². The average Bonchev–Trinajstić information content (AvgIpc) is 2.38. The van der Waals surface area contributed by atoms with Gasteiger partial charge in [0.25, 0.3) is 0 Å². The lowest BCUT2D eigenvalue weighted by Crippen LogP contribution is -2.34. The Morgan fingerprint density at radius 3 is 2.63 bits per heavy atom. The Hall–Kier alpha value is -1.84. The van der Waals surface area contributed by atoms with Crippen LogP contribution in [0.5, 0.6) is 0 Å². The van der Waals surface area contributed by atoms with Crippen molar-refractivity contribution in [3.05, 3.63) is 29.8 Å². The normalized spacial score (nSPS) is 11.8. The molecule has 0 aromatic heterocycles. The third-order valence-electron chi connectivity index (χ3n) is 3.15. The molecule has 2 amide bonds. The summed E-state index contributed by atoms with van der Waals surface area (Å²) in [5.41, 5.74) is 1.25. The molecule has 4 nitrogen and oxygen atoms in total. The van der Waals surface area contributed by atoms with Gasteiger partial charge >= 0.3 is 6.03 Å². The van der Waals surface area contributed by atoms with Crippen LogP contribution in [0, 0.1) is 5.92 Å². The minimum atomic E-state index is -0.152. The smallest absolute Gasteiger partial charge is 0.321 e. The largest absolute Gasteiger partial charge is 0.327 e. The maximum Gasteiger partial charge on any atom is 0.321 e. The highest BCUT2D eigenvalue weighted by Crippen LogP contribution is 2.12. The van der Waals surface area contributed by atoms with E-state index >= 15 is 0 Å². The molecule has 0 bridgehead atoms. The second-order valence-electron chi connectivity index (χ2n) is 4.96. The number of nitrogens with one attached hydrogen (secondary N) is 1. The van der Waals surface area contributed by atoms with Crippen molar-refractivity contribution in [2.75, 3.05) is 18.9 Å². The summed E-state index contributed by atoms with van der Waals surface area (Å²) in [6.45, 7) is 6.44. The lowest BCUT2D eigenvalue weighted by molar-refractivity contribution is 0.101. The summed E-state index contributed by atoms with van der Waals surface area (Å²) in [6, 6.07) is 6.82. The first-order chi connectivity index (χ1) is 8.93. The molecule has 0 radical (unpaired) electrons. The number of hydrogen-bond acceptors (Lipinski definition) is 2. The zero-order chi connectivity index (χ0) is 14.4. The molecular formula is C15H22N2O2. The van der Waals surface area contributed by atoms with Crippen molar-refractivity contribution in [3.8, 4) is 0 Å². The number of anilines is 1. The number of carbonyl (C=O) groups is 2. The van der Waals surface area contributed by atoms with E-state index in [0.717, 1.165) is 6.42 Å². The maximum atomic E-state index is 12.0. The SMILES string of the molecule is CCC(C)CN(C)C(=O)Nc1cccc(C(C)=O)c1. The van der Waals surface area contributed by atoms with Crippen molar-refractivity contribution in [1.82, 2.24) is 4.90 Å². The van der Waals surface area contributed by atoms with E-state index in [1.54, 1.807) is 36.2 Å². The van der Waals surface area contributed by atoms with E-state index in [-0.39, 0.29) is 11.8 Å². The summed E-state index contributed by atoms with van der Waals surface area (Å²) < 4.78 is 0. The van der Waals surface area contributed by atoms with Gasteiger partial charge in [0.2, 0.25) is 0 Å². The zero-order valence-electron chi connectivity index (χ0n) is 12.1. The maximum absolute atomic E-state index is 12.0. The second-order valence-corrected chi connectivity index (χ2v) is 4.96. The van der Waals surface area contributed by atoms with E-state index in [0.29, 0.717) is 23.7 Å². The lowest BCUT2D eigenvalue weighted by atomic mass is 10.1. The van der Waals surface area contributed by atoms with Gasteiger partial charge in [0.05, 0.1) is 0 Å². The summed E-state index contributed by atoms with van der Waals surface area (Å²) in [5, 5.41) is 2.80.